The van der Waals surface area contributed by atoms with Gasteiger partial charge in [-0.3, -0.25) is 0 Å². The van der Waals surface area contributed by atoms with Gasteiger partial charge >= 0.3 is 0 Å². The lowest BCUT2D eigenvalue weighted by Crippen LogP contribution is -2.51. The first-order valence-corrected chi connectivity index (χ1v) is 6.89. The number of hydrogen-bond acceptors (Lipinski definition) is 4. The molecule has 76 valence electrons. The molecule has 6 heteroatoms. The van der Waals surface area contributed by atoms with E-state index in [1.807, 2.05) is 0 Å². The molecule has 1 aromatic rings. The Balaban J connectivity index is 1.84. The highest BCUT2D eigenvalue weighted by Crippen LogP contribution is 2.54. The third kappa shape index (κ3) is 1.14. The third-order valence-electron chi connectivity index (χ3n) is 2.99. The Kier molecular flexibility index (Phi) is 1.61. The highest BCUT2D eigenvalue weighted by Gasteiger charge is 2.56. The van der Waals surface area contributed by atoms with Crippen LogP contribution in [0.2, 0.25) is 0 Å². The van der Waals surface area contributed by atoms with Crippen molar-refractivity contribution >= 4 is 21.4 Å². The van der Waals surface area contributed by atoms with Gasteiger partial charge in [0.25, 0.3) is 10.0 Å². The zero-order chi connectivity index (χ0) is 9.81. The molecule has 1 saturated carbocycles. The van der Waals surface area contributed by atoms with Crippen molar-refractivity contribution < 1.29 is 8.42 Å². The highest BCUT2D eigenvalue weighted by atomic mass is 32.2. The molecule has 1 spiro atoms. The summed E-state index contributed by atoms with van der Waals surface area (Å²) in [5.41, 5.74) is 1.92. The van der Waals surface area contributed by atoms with Gasteiger partial charge in [0.2, 0.25) is 0 Å². The Labute approximate surface area is 86.6 Å². The average Bonchev–Trinajstić information content (AvgIpc) is 2.69. The summed E-state index contributed by atoms with van der Waals surface area (Å²) < 4.78 is 25.3. The van der Waals surface area contributed by atoms with Crippen molar-refractivity contribution in [3.63, 3.8) is 0 Å². The van der Waals surface area contributed by atoms with Crippen LogP contribution >= 0.6 is 11.3 Å². The van der Waals surface area contributed by atoms with Crippen molar-refractivity contribution in [3.8, 4) is 0 Å². The van der Waals surface area contributed by atoms with Crippen molar-refractivity contribution in [2.24, 2.45) is 5.41 Å². The summed E-state index contributed by atoms with van der Waals surface area (Å²) >= 11 is 1.32. The Hall–Kier alpha value is -0.460. The van der Waals surface area contributed by atoms with E-state index in [4.69, 9.17) is 0 Å². The fraction of sp³-hybridized carbons (Fsp3) is 0.625. The number of sulfonamides is 1. The molecule has 1 aromatic heterocycles. The van der Waals surface area contributed by atoms with Crippen molar-refractivity contribution in [1.29, 1.82) is 0 Å². The van der Waals surface area contributed by atoms with Crippen molar-refractivity contribution in [1.82, 2.24) is 9.29 Å². The van der Waals surface area contributed by atoms with Crippen LogP contribution in [0.15, 0.2) is 15.9 Å². The van der Waals surface area contributed by atoms with Gasteiger partial charge in [-0.15, -0.1) is 11.3 Å². The molecule has 0 aromatic carbocycles. The van der Waals surface area contributed by atoms with Crippen molar-refractivity contribution in [3.05, 3.63) is 10.9 Å². The fourth-order valence-corrected chi connectivity index (χ4v) is 4.30. The molecule has 0 atom stereocenters. The van der Waals surface area contributed by atoms with E-state index in [1.165, 1.54) is 28.5 Å². The summed E-state index contributed by atoms with van der Waals surface area (Å²) in [4.78, 5) is 3.85. The van der Waals surface area contributed by atoms with Crippen LogP contribution in [-0.4, -0.2) is 30.8 Å². The molecular weight excluding hydrogens is 220 g/mol. The molecule has 3 rings (SSSR count). The number of nitrogens with zero attached hydrogens (tertiary/aromatic N) is 2. The fourth-order valence-electron chi connectivity index (χ4n) is 1.83. The predicted octanol–water partition coefficient (Wildman–Crippen LogP) is 0.928. The summed E-state index contributed by atoms with van der Waals surface area (Å²) in [5, 5.41) is 1.80. The lowest BCUT2D eigenvalue weighted by atomic mass is 10.0. The Morgan fingerprint density at radius 3 is 2.64 bits per heavy atom. The second-order valence-electron chi connectivity index (χ2n) is 4.10. The largest absolute Gasteiger partial charge is 0.261 e. The summed E-state index contributed by atoms with van der Waals surface area (Å²) in [6.07, 6.45) is 2.38. The lowest BCUT2D eigenvalue weighted by molar-refractivity contribution is 0.178. The summed E-state index contributed by atoms with van der Waals surface area (Å²) in [7, 11) is -3.26. The van der Waals surface area contributed by atoms with E-state index in [1.54, 1.807) is 10.9 Å². The van der Waals surface area contributed by atoms with E-state index in [9.17, 15) is 8.42 Å². The maximum atomic E-state index is 11.9. The average molecular weight is 230 g/mol. The Morgan fingerprint density at radius 1 is 1.43 bits per heavy atom. The molecule has 1 saturated heterocycles. The van der Waals surface area contributed by atoms with Gasteiger partial charge in [-0.1, -0.05) is 0 Å². The Bertz CT molecular complexity index is 440. The van der Waals surface area contributed by atoms with Gasteiger partial charge in [0.05, 0.1) is 5.51 Å². The minimum atomic E-state index is -3.26. The van der Waals surface area contributed by atoms with Crippen LogP contribution < -0.4 is 0 Å². The van der Waals surface area contributed by atoms with Crippen molar-refractivity contribution in [2.45, 2.75) is 17.9 Å². The molecule has 1 aliphatic carbocycles. The van der Waals surface area contributed by atoms with E-state index in [0.29, 0.717) is 18.5 Å². The van der Waals surface area contributed by atoms with Gasteiger partial charge in [-0.2, -0.15) is 4.31 Å². The molecule has 0 N–H and O–H groups in total. The maximum absolute atomic E-state index is 11.9. The molecule has 0 radical (unpaired) electrons. The Morgan fingerprint density at radius 2 is 2.14 bits per heavy atom. The van der Waals surface area contributed by atoms with E-state index >= 15 is 0 Å². The summed E-state index contributed by atoms with van der Waals surface area (Å²) in [6.45, 7) is 1.40. The minimum absolute atomic E-state index is 0.206. The first kappa shape index (κ1) is 8.82. The molecular formula is C8H10N2O2S2. The van der Waals surface area contributed by atoms with Gasteiger partial charge in [0.15, 0.2) is 5.03 Å². The van der Waals surface area contributed by atoms with Crippen LogP contribution in [0.1, 0.15) is 12.8 Å². The topological polar surface area (TPSA) is 50.3 Å². The minimum Gasteiger partial charge on any atom is -0.232 e. The van der Waals surface area contributed by atoms with Gasteiger partial charge in [0, 0.05) is 18.5 Å². The quantitative estimate of drug-likeness (QED) is 0.759. The molecule has 14 heavy (non-hydrogen) atoms. The third-order valence-corrected chi connectivity index (χ3v) is 5.42. The van der Waals surface area contributed by atoms with Crippen LogP contribution in [0.3, 0.4) is 0 Å². The van der Waals surface area contributed by atoms with Crippen molar-refractivity contribution in [2.75, 3.05) is 13.1 Å². The first-order chi connectivity index (χ1) is 6.62. The van der Waals surface area contributed by atoms with Gasteiger partial charge in [0.1, 0.15) is 0 Å². The molecule has 0 unspecified atom stereocenters. The summed E-state index contributed by atoms with van der Waals surface area (Å²) in [5.74, 6) is 0. The van der Waals surface area contributed by atoms with Crippen LogP contribution in [-0.2, 0) is 10.0 Å². The molecule has 0 amide bonds. The SMILES string of the molecule is O=S(=O)(c1cscn1)N1CC2(CC2)C1. The highest BCUT2D eigenvalue weighted by molar-refractivity contribution is 7.89. The second-order valence-corrected chi connectivity index (χ2v) is 6.70. The standard InChI is InChI=1S/C8H10N2O2S2/c11-14(12,7-3-13-6-9-7)10-4-8(5-10)1-2-8/h3,6H,1-2,4-5H2. The van der Waals surface area contributed by atoms with Gasteiger partial charge < -0.3 is 0 Å². The molecule has 2 aliphatic rings. The number of aromatic nitrogens is 1. The van der Waals surface area contributed by atoms with Gasteiger partial charge in [-0.05, 0) is 18.3 Å². The molecule has 1 aliphatic heterocycles. The zero-order valence-corrected chi connectivity index (χ0v) is 9.14. The number of hydrogen-bond donors (Lipinski definition) is 0. The van der Waals surface area contributed by atoms with Crippen LogP contribution in [0.5, 0.6) is 0 Å². The number of rotatable bonds is 2. The van der Waals surface area contributed by atoms with Crippen LogP contribution in [0.25, 0.3) is 0 Å². The molecule has 2 fully saturated rings. The van der Waals surface area contributed by atoms with Crippen LogP contribution in [0, 0.1) is 5.41 Å². The summed E-state index contributed by atoms with van der Waals surface area (Å²) in [6, 6.07) is 0. The second kappa shape index (κ2) is 2.56. The predicted molar refractivity (Wildman–Crippen MR) is 52.5 cm³/mol. The molecule has 0 bridgehead atoms. The maximum Gasteiger partial charge on any atom is 0.261 e. The van der Waals surface area contributed by atoms with E-state index < -0.39 is 10.0 Å². The van der Waals surface area contributed by atoms with E-state index in [-0.39, 0.29) is 5.03 Å². The smallest absolute Gasteiger partial charge is 0.232 e. The first-order valence-electron chi connectivity index (χ1n) is 4.51. The molecule has 4 nitrogen and oxygen atoms in total. The monoisotopic (exact) mass is 230 g/mol. The normalized spacial score (nSPS) is 24.9. The van der Waals surface area contributed by atoms with E-state index in [2.05, 4.69) is 4.98 Å². The van der Waals surface area contributed by atoms with Crippen LogP contribution in [0.4, 0.5) is 0 Å². The lowest BCUT2D eigenvalue weighted by Gasteiger charge is -2.37. The molecule has 2 heterocycles. The van der Waals surface area contributed by atoms with E-state index in [0.717, 1.165) is 0 Å². The zero-order valence-electron chi connectivity index (χ0n) is 7.51. The van der Waals surface area contributed by atoms with Gasteiger partial charge in [-0.25, -0.2) is 13.4 Å². The number of thiazole rings is 1.